The number of hydrogen-bond acceptors (Lipinski definition) is 5. The Labute approximate surface area is 243 Å². The minimum absolute atomic E-state index is 0.0515. The number of halogens is 3. The molecule has 3 aromatic rings. The number of aromatic nitrogens is 3. The Balaban J connectivity index is 1.28. The number of nitrogens with zero attached hydrogens (tertiary/aromatic N) is 4. The van der Waals surface area contributed by atoms with E-state index < -0.39 is 17.2 Å². The highest BCUT2D eigenvalue weighted by atomic mass is 19.4. The maximum atomic E-state index is 14.4. The molecule has 0 radical (unpaired) electrons. The number of nitrogens with one attached hydrogen (secondary N) is 1. The van der Waals surface area contributed by atoms with Crippen LogP contribution in [-0.4, -0.2) is 39.4 Å². The van der Waals surface area contributed by atoms with Crippen LogP contribution in [0.1, 0.15) is 102 Å². The molecule has 1 aliphatic heterocycles. The van der Waals surface area contributed by atoms with Crippen LogP contribution in [0.2, 0.25) is 0 Å². The highest BCUT2D eigenvalue weighted by Crippen LogP contribution is 2.52. The predicted octanol–water partition coefficient (Wildman–Crippen LogP) is 6.00. The predicted molar refractivity (Wildman–Crippen MR) is 151 cm³/mol. The first-order valence-electron chi connectivity index (χ1n) is 14.8. The van der Waals surface area contributed by atoms with Crippen molar-refractivity contribution in [3.05, 3.63) is 75.9 Å². The lowest BCUT2D eigenvalue weighted by molar-refractivity contribution is -0.138. The van der Waals surface area contributed by atoms with Crippen LogP contribution < -0.4 is 10.2 Å². The largest absolute Gasteiger partial charge is 0.416 e. The second-order valence-corrected chi connectivity index (χ2v) is 13.0. The molecular weight excluding hydrogens is 543 g/mol. The molecule has 0 atom stereocenters. The van der Waals surface area contributed by atoms with Crippen molar-refractivity contribution in [2.45, 2.75) is 94.1 Å². The molecule has 0 unspecified atom stereocenters. The zero-order valence-corrected chi connectivity index (χ0v) is 24.2. The van der Waals surface area contributed by atoms with E-state index in [4.69, 9.17) is 4.74 Å². The van der Waals surface area contributed by atoms with Crippen molar-refractivity contribution in [1.29, 1.82) is 0 Å². The number of rotatable bonds is 8. The lowest BCUT2D eigenvalue weighted by Crippen LogP contribution is -2.48. The number of anilines is 1. The molecule has 0 spiro atoms. The lowest BCUT2D eigenvalue weighted by Gasteiger charge is -2.46. The summed E-state index contributed by atoms with van der Waals surface area (Å²) in [5.74, 6) is 0.819. The second-order valence-electron chi connectivity index (χ2n) is 13.0. The fourth-order valence-corrected chi connectivity index (χ4v) is 7.10. The fourth-order valence-electron chi connectivity index (χ4n) is 7.10. The molecule has 0 saturated heterocycles. The Bertz CT molecular complexity index is 1550. The summed E-state index contributed by atoms with van der Waals surface area (Å²) in [6.45, 7) is 2.28. The van der Waals surface area contributed by atoms with Gasteiger partial charge >= 0.3 is 6.18 Å². The molecule has 3 saturated carbocycles. The summed E-state index contributed by atoms with van der Waals surface area (Å²) in [4.78, 5) is 15.4. The van der Waals surface area contributed by atoms with E-state index in [2.05, 4.69) is 28.5 Å². The first-order valence-corrected chi connectivity index (χ1v) is 14.8. The van der Waals surface area contributed by atoms with Gasteiger partial charge in [0.25, 0.3) is 5.91 Å². The van der Waals surface area contributed by atoms with Gasteiger partial charge < -0.3 is 19.5 Å². The van der Waals surface area contributed by atoms with Crippen LogP contribution in [0.5, 0.6) is 0 Å². The summed E-state index contributed by atoms with van der Waals surface area (Å²) in [6, 6.07) is 9.04. The number of ether oxygens (including phenoxy) is 1. The molecule has 1 amide bonds. The van der Waals surface area contributed by atoms with Gasteiger partial charge in [0.15, 0.2) is 0 Å². The number of amides is 1. The maximum absolute atomic E-state index is 14.4. The molecule has 42 heavy (non-hydrogen) atoms. The van der Waals surface area contributed by atoms with Gasteiger partial charge in [-0.25, -0.2) is 0 Å². The minimum Gasteiger partial charge on any atom is -0.381 e. The summed E-state index contributed by atoms with van der Waals surface area (Å²) in [5.41, 5.74) is 2.20. The van der Waals surface area contributed by atoms with Gasteiger partial charge in [0.1, 0.15) is 12.2 Å². The zero-order chi connectivity index (χ0) is 29.4. The van der Waals surface area contributed by atoms with Gasteiger partial charge in [0.2, 0.25) is 0 Å². The number of methoxy groups -OCH3 is 1. The number of hydrogen-bond donors (Lipinski definition) is 1. The third-order valence-corrected chi connectivity index (χ3v) is 10.1. The van der Waals surface area contributed by atoms with E-state index >= 15 is 0 Å². The van der Waals surface area contributed by atoms with E-state index in [0.717, 1.165) is 49.1 Å². The average Bonchev–Trinajstić information content (AvgIpc) is 3.61. The van der Waals surface area contributed by atoms with Crippen LogP contribution in [0.4, 0.5) is 18.9 Å². The van der Waals surface area contributed by atoms with Crippen molar-refractivity contribution in [3.8, 4) is 0 Å². The third-order valence-electron chi connectivity index (χ3n) is 10.1. The van der Waals surface area contributed by atoms with E-state index in [9.17, 15) is 18.0 Å². The Morgan fingerprint density at radius 3 is 2.48 bits per heavy atom. The summed E-state index contributed by atoms with van der Waals surface area (Å²) < 4.78 is 50.7. The average molecular weight is 580 g/mol. The van der Waals surface area contributed by atoms with Crippen LogP contribution in [0.15, 0.2) is 36.7 Å². The van der Waals surface area contributed by atoms with Crippen LogP contribution in [-0.2, 0) is 36.5 Å². The van der Waals surface area contributed by atoms with Crippen molar-refractivity contribution in [2.75, 3.05) is 12.0 Å². The summed E-state index contributed by atoms with van der Waals surface area (Å²) in [7, 11) is 3.62. The highest BCUT2D eigenvalue weighted by Gasteiger charge is 2.51. The van der Waals surface area contributed by atoms with Crippen molar-refractivity contribution in [1.82, 2.24) is 20.1 Å². The van der Waals surface area contributed by atoms with E-state index in [1.807, 2.05) is 23.7 Å². The standard InChI is InChI=1S/C32H36F3N5O2/c1-30(7-4-8-30)36-16-19-9-25-26(27(10-19)32(33,34)35)17-40(28(25)41)23-12-21(20-5-6-20)11-22(13-23)31(14-24(15-31)42-3)29-38-37-18-39(29)2/h9-13,18,20,24,36H,4-8,14-17H2,1-3H3/t24-,31-. The van der Waals surface area contributed by atoms with Crippen LogP contribution >= 0.6 is 0 Å². The monoisotopic (exact) mass is 579 g/mol. The molecule has 3 fully saturated rings. The van der Waals surface area contributed by atoms with E-state index in [0.29, 0.717) is 36.6 Å². The number of aryl methyl sites for hydroxylation is 1. The van der Waals surface area contributed by atoms with Crippen molar-refractivity contribution < 1.29 is 22.7 Å². The Morgan fingerprint density at radius 2 is 1.88 bits per heavy atom. The van der Waals surface area contributed by atoms with Gasteiger partial charge in [-0.15, -0.1) is 10.2 Å². The first kappa shape index (κ1) is 27.6. The summed E-state index contributed by atoms with van der Waals surface area (Å²) in [6.07, 6.45) is 3.83. The minimum atomic E-state index is -4.56. The van der Waals surface area contributed by atoms with Crippen molar-refractivity contribution in [2.24, 2.45) is 7.05 Å². The molecule has 10 heteroatoms. The molecule has 7 nitrogen and oxygen atoms in total. The number of benzene rings is 2. The maximum Gasteiger partial charge on any atom is 0.416 e. The van der Waals surface area contributed by atoms with Crippen LogP contribution in [0.3, 0.4) is 0 Å². The molecule has 3 aliphatic carbocycles. The van der Waals surface area contributed by atoms with Gasteiger partial charge in [0.05, 0.1) is 23.6 Å². The second kappa shape index (κ2) is 9.64. The third kappa shape index (κ3) is 4.54. The van der Waals surface area contributed by atoms with Gasteiger partial charge in [0, 0.05) is 37.5 Å². The van der Waals surface area contributed by atoms with Crippen molar-refractivity contribution >= 4 is 11.6 Å². The molecule has 7 rings (SSSR count). The highest BCUT2D eigenvalue weighted by molar-refractivity contribution is 6.10. The van der Waals surface area contributed by atoms with Gasteiger partial charge in [-0.05, 0) is 104 Å². The summed E-state index contributed by atoms with van der Waals surface area (Å²) in [5, 5.41) is 12.0. The molecule has 1 aromatic heterocycles. The molecule has 2 aromatic carbocycles. The van der Waals surface area contributed by atoms with Gasteiger partial charge in [-0.1, -0.05) is 6.07 Å². The molecule has 2 heterocycles. The van der Waals surface area contributed by atoms with Gasteiger partial charge in [-0.2, -0.15) is 13.2 Å². The number of carbonyl (C=O) groups excluding carboxylic acids is 1. The Morgan fingerprint density at radius 1 is 1.12 bits per heavy atom. The summed E-state index contributed by atoms with van der Waals surface area (Å²) >= 11 is 0. The molecule has 1 N–H and O–H groups in total. The smallest absolute Gasteiger partial charge is 0.381 e. The van der Waals surface area contributed by atoms with E-state index in [-0.39, 0.29) is 35.2 Å². The topological polar surface area (TPSA) is 72.3 Å². The van der Waals surface area contributed by atoms with Crippen LogP contribution in [0, 0.1) is 0 Å². The van der Waals surface area contributed by atoms with Crippen LogP contribution in [0.25, 0.3) is 0 Å². The first-order chi connectivity index (χ1) is 20.0. The fraction of sp³-hybridized carbons (Fsp3) is 0.531. The van der Waals surface area contributed by atoms with E-state index in [1.165, 1.54) is 11.0 Å². The lowest BCUT2D eigenvalue weighted by atomic mass is 9.61. The van der Waals surface area contributed by atoms with E-state index in [1.54, 1.807) is 19.5 Å². The quantitative estimate of drug-likeness (QED) is 0.355. The molecule has 222 valence electrons. The number of carbonyl (C=O) groups is 1. The SMILES string of the molecule is CO[C@H]1C[C@](c2cc(C3CC3)cc(N3Cc4c(cc(CNC5(C)CCC5)cc4C(F)(F)F)C3=O)c2)(c2nncn2C)C1. The molecule has 4 aliphatic rings. The Kier molecular flexibility index (Phi) is 6.33. The van der Waals surface area contributed by atoms with Crippen molar-refractivity contribution in [3.63, 3.8) is 0 Å². The normalized spacial score (nSPS) is 24.9. The number of fused-ring (bicyclic) bond motifs is 1. The Hall–Kier alpha value is -3.24. The molecular formula is C32H36F3N5O2. The van der Waals surface area contributed by atoms with Gasteiger partial charge in [-0.3, -0.25) is 4.79 Å². The number of alkyl halides is 3. The zero-order valence-electron chi connectivity index (χ0n) is 24.2. The molecule has 0 bridgehead atoms.